The third-order valence-corrected chi connectivity index (χ3v) is 8.62. The number of rotatable bonds is 19. The van der Waals surface area contributed by atoms with E-state index in [1.165, 1.54) is 11.9 Å². The summed E-state index contributed by atoms with van der Waals surface area (Å²) in [5, 5.41) is 17.7. The van der Waals surface area contributed by atoms with E-state index in [4.69, 9.17) is 42.8 Å². The van der Waals surface area contributed by atoms with E-state index >= 15 is 0 Å². The Hall–Kier alpha value is -4.77. The summed E-state index contributed by atoms with van der Waals surface area (Å²) in [6.07, 6.45) is 0.893. The second kappa shape index (κ2) is 22.2. The molecule has 0 saturated heterocycles. The Morgan fingerprint density at radius 1 is 0.865 bits per heavy atom. The fraction of sp³-hybridized carbons (Fsp3) is 0.457. The van der Waals surface area contributed by atoms with Gasteiger partial charge in [0.15, 0.2) is 13.0 Å². The van der Waals surface area contributed by atoms with Gasteiger partial charge in [-0.1, -0.05) is 52.0 Å². The number of ether oxygens (including phenoxy) is 1. The molecule has 2 rings (SSSR count). The first-order valence-corrected chi connectivity index (χ1v) is 17.8. The SMILES string of the molecule is [B]C(=O)CCN(C)C(=O)OCc1ccc(NC(=O)[C@H](CCCNC(N)=O)NC(=O)[C@@H](NC(=S)Nc2ccc(NC(=S)C(C)CC)cc2)C(C)C)cc1. The van der Waals surface area contributed by atoms with Crippen molar-refractivity contribution in [3.8, 4) is 0 Å². The Morgan fingerprint density at radius 3 is 2.00 bits per heavy atom. The Labute approximate surface area is 317 Å². The Morgan fingerprint density at radius 2 is 1.44 bits per heavy atom. The molecule has 0 aromatic heterocycles. The van der Waals surface area contributed by atoms with Gasteiger partial charge in [0.05, 0.1) is 10.7 Å². The largest absolute Gasteiger partial charge is 0.445 e. The van der Waals surface area contributed by atoms with E-state index in [2.05, 4.69) is 45.7 Å². The van der Waals surface area contributed by atoms with Crippen LogP contribution < -0.4 is 37.6 Å². The molecule has 0 heterocycles. The van der Waals surface area contributed by atoms with Gasteiger partial charge in [0.25, 0.3) is 0 Å². The molecule has 3 atom stereocenters. The van der Waals surface area contributed by atoms with E-state index in [0.29, 0.717) is 23.4 Å². The standard InChI is InChI=1S/C35H49BN8O6S2/c1-6-22(4)32(51)40-25-13-15-26(16-14-25)41-34(52)43-29(21(2)3)31(47)42-27(8-7-18-38-33(37)48)30(46)39-24-11-9-23(10-12-24)20-50-35(49)44(5)19-17-28(36)45/h9-16,21-22,27,29H,6-8,17-20H2,1-5H3,(H,39,46)(H,40,51)(H,42,47)(H3,37,38,48)(H2,41,43,52)/t22?,27-,29-/m0/s1. The molecule has 0 fully saturated rings. The number of nitrogens with zero attached hydrogens (tertiary/aromatic N) is 1. The maximum atomic E-state index is 13.6. The number of hydrogen-bond acceptors (Lipinski definition) is 8. The van der Waals surface area contributed by atoms with Crippen molar-refractivity contribution in [2.24, 2.45) is 17.6 Å². The molecule has 0 aliphatic carbocycles. The lowest BCUT2D eigenvalue weighted by Crippen LogP contribution is -2.55. The molecular weight excluding hydrogens is 703 g/mol. The number of amides is 5. The predicted molar refractivity (Wildman–Crippen MR) is 212 cm³/mol. The molecule has 17 heteroatoms. The van der Waals surface area contributed by atoms with E-state index in [0.717, 1.165) is 17.1 Å². The molecule has 52 heavy (non-hydrogen) atoms. The average molecular weight is 753 g/mol. The van der Waals surface area contributed by atoms with Gasteiger partial charge in [-0.2, -0.15) is 0 Å². The smallest absolute Gasteiger partial charge is 0.409 e. The van der Waals surface area contributed by atoms with Crippen LogP contribution in [0, 0.1) is 11.8 Å². The van der Waals surface area contributed by atoms with Gasteiger partial charge in [-0.15, -0.1) is 0 Å². The van der Waals surface area contributed by atoms with Crippen LogP contribution >= 0.6 is 24.4 Å². The number of urea groups is 1. The number of thiocarbonyl (C=S) groups is 2. The fourth-order valence-corrected chi connectivity index (χ4v) is 5.05. The van der Waals surface area contributed by atoms with Crippen LogP contribution in [0.15, 0.2) is 48.5 Å². The van der Waals surface area contributed by atoms with Crippen LogP contribution in [0.1, 0.15) is 58.9 Å². The molecule has 280 valence electrons. The first kappa shape index (κ1) is 43.4. The van der Waals surface area contributed by atoms with Crippen LogP contribution in [-0.4, -0.2) is 84.7 Å². The van der Waals surface area contributed by atoms with E-state index in [9.17, 15) is 24.0 Å². The highest BCUT2D eigenvalue weighted by Crippen LogP contribution is 2.17. The highest BCUT2D eigenvalue weighted by atomic mass is 32.1. The highest BCUT2D eigenvalue weighted by Gasteiger charge is 2.28. The van der Waals surface area contributed by atoms with Crippen molar-refractivity contribution in [3.63, 3.8) is 0 Å². The zero-order valence-electron chi connectivity index (χ0n) is 30.2. The van der Waals surface area contributed by atoms with Gasteiger partial charge in [0.1, 0.15) is 18.7 Å². The van der Waals surface area contributed by atoms with E-state index in [1.54, 1.807) is 24.3 Å². The molecule has 0 spiro atoms. The number of nitrogens with two attached hydrogens (primary N) is 1. The lowest BCUT2D eigenvalue weighted by atomic mass is 10.00. The van der Waals surface area contributed by atoms with E-state index in [-0.39, 0.29) is 49.5 Å². The van der Waals surface area contributed by atoms with Gasteiger partial charge in [-0.3, -0.25) is 9.59 Å². The number of primary amides is 1. The van der Waals surface area contributed by atoms with E-state index in [1.807, 2.05) is 38.1 Å². The normalized spacial score (nSPS) is 12.3. The minimum absolute atomic E-state index is 0.0188. The van der Waals surface area contributed by atoms with Gasteiger partial charge in [-0.05, 0) is 79.4 Å². The lowest BCUT2D eigenvalue weighted by Gasteiger charge is -2.26. The van der Waals surface area contributed by atoms with E-state index < -0.39 is 41.7 Å². The number of anilines is 3. The summed E-state index contributed by atoms with van der Waals surface area (Å²) < 4.78 is 5.26. The van der Waals surface area contributed by atoms with Crippen LogP contribution in [0.2, 0.25) is 0 Å². The number of nitrogens with one attached hydrogen (secondary N) is 6. The summed E-state index contributed by atoms with van der Waals surface area (Å²) >= 11 is 11.0. The molecule has 0 bridgehead atoms. The molecule has 0 aliphatic heterocycles. The van der Waals surface area contributed by atoms with Crippen LogP contribution in [0.25, 0.3) is 0 Å². The maximum Gasteiger partial charge on any atom is 0.409 e. The highest BCUT2D eigenvalue weighted by molar-refractivity contribution is 7.80. The monoisotopic (exact) mass is 752 g/mol. The molecule has 8 N–H and O–H groups in total. The van der Waals surface area contributed by atoms with Crippen molar-refractivity contribution < 1.29 is 28.7 Å². The Balaban J connectivity index is 2.04. The van der Waals surface area contributed by atoms with Gasteiger partial charge < -0.3 is 52.1 Å². The molecule has 0 saturated carbocycles. The number of hydrogen-bond donors (Lipinski definition) is 7. The zero-order chi connectivity index (χ0) is 38.8. The second-order valence-electron chi connectivity index (χ2n) is 12.6. The van der Waals surface area contributed by atoms with Crippen molar-refractivity contribution in [1.82, 2.24) is 20.9 Å². The third-order valence-electron chi connectivity index (χ3n) is 7.90. The molecule has 5 amide bonds. The van der Waals surface area contributed by atoms with Crippen LogP contribution in [0.4, 0.5) is 26.7 Å². The molecule has 2 radical (unpaired) electrons. The maximum absolute atomic E-state index is 13.6. The van der Waals surface area contributed by atoms with Gasteiger partial charge >= 0.3 is 12.1 Å². The van der Waals surface area contributed by atoms with Crippen molar-refractivity contribution in [2.75, 3.05) is 36.1 Å². The molecular formula is C35H49BN8O6S2. The zero-order valence-corrected chi connectivity index (χ0v) is 31.9. The predicted octanol–water partition coefficient (Wildman–Crippen LogP) is 4.01. The first-order valence-electron chi connectivity index (χ1n) is 17.0. The van der Waals surface area contributed by atoms with Crippen molar-refractivity contribution in [3.05, 3.63) is 54.1 Å². The summed E-state index contributed by atoms with van der Waals surface area (Å²) in [4.78, 5) is 63.3. The number of benzene rings is 2. The minimum atomic E-state index is -0.968. The minimum Gasteiger partial charge on any atom is -0.445 e. The lowest BCUT2D eigenvalue weighted by molar-refractivity contribution is -0.128. The summed E-state index contributed by atoms with van der Waals surface area (Å²) in [5.41, 5.74) is 7.31. The summed E-state index contributed by atoms with van der Waals surface area (Å²) in [6.45, 7) is 8.15. The molecule has 0 aliphatic rings. The van der Waals surface area contributed by atoms with Crippen molar-refractivity contribution >= 4 is 89.1 Å². The first-order chi connectivity index (χ1) is 24.6. The van der Waals surface area contributed by atoms with Gasteiger partial charge in [-0.25, -0.2) is 9.59 Å². The number of carbonyl (C=O) groups is 5. The second-order valence-corrected chi connectivity index (χ2v) is 13.4. The molecule has 14 nitrogen and oxygen atoms in total. The molecule has 2 aromatic rings. The summed E-state index contributed by atoms with van der Waals surface area (Å²) in [6, 6.07) is 11.6. The topological polar surface area (TPSA) is 196 Å². The summed E-state index contributed by atoms with van der Waals surface area (Å²) in [7, 11) is 6.62. The van der Waals surface area contributed by atoms with Gasteiger partial charge in [0, 0.05) is 49.5 Å². The van der Waals surface area contributed by atoms with Crippen LogP contribution in [-0.2, 0) is 25.7 Å². The van der Waals surface area contributed by atoms with Crippen molar-refractivity contribution in [1.29, 1.82) is 0 Å². The Bertz CT molecular complexity index is 1540. The Kier molecular flexibility index (Phi) is 18.6. The molecule has 2 aromatic carbocycles. The molecule has 1 unspecified atom stereocenters. The third kappa shape index (κ3) is 16.1. The average Bonchev–Trinajstić information content (AvgIpc) is 3.10. The summed E-state index contributed by atoms with van der Waals surface area (Å²) in [5.74, 6) is -0.878. The number of carbonyl (C=O) groups excluding carboxylic acids is 5. The van der Waals surface area contributed by atoms with Crippen LogP contribution in [0.5, 0.6) is 0 Å². The van der Waals surface area contributed by atoms with Gasteiger partial charge in [0.2, 0.25) is 11.8 Å². The van der Waals surface area contributed by atoms with Crippen molar-refractivity contribution in [2.45, 2.75) is 72.1 Å². The quantitative estimate of drug-likeness (QED) is 0.0623. The fourth-order valence-electron chi connectivity index (χ4n) is 4.52. The van der Waals surface area contributed by atoms with Crippen LogP contribution in [0.3, 0.4) is 0 Å².